The molecule has 34 heavy (non-hydrogen) atoms. The molecule has 9 nitrogen and oxygen atoms in total. The van der Waals surface area contributed by atoms with Crippen molar-refractivity contribution in [1.29, 1.82) is 0 Å². The zero-order valence-electron chi connectivity index (χ0n) is 20.1. The molecule has 0 saturated carbocycles. The summed E-state index contributed by atoms with van der Waals surface area (Å²) in [4.78, 5) is 40.3. The van der Waals surface area contributed by atoms with Crippen molar-refractivity contribution in [1.82, 2.24) is 4.98 Å². The lowest BCUT2D eigenvalue weighted by Gasteiger charge is -2.28. The third-order valence-electron chi connectivity index (χ3n) is 4.83. The Morgan fingerprint density at radius 2 is 1.71 bits per heavy atom. The largest absolute Gasteiger partial charge is 0.493 e. The van der Waals surface area contributed by atoms with Gasteiger partial charge in [0.2, 0.25) is 6.79 Å². The number of ether oxygens (including phenoxy) is 5. The zero-order valence-corrected chi connectivity index (χ0v) is 20.1. The molecule has 1 aromatic heterocycles. The molecule has 0 aliphatic rings. The fourth-order valence-electron chi connectivity index (χ4n) is 3.20. The molecular weight excluding hydrogens is 442 g/mol. The second-order valence-corrected chi connectivity index (χ2v) is 7.85. The van der Waals surface area contributed by atoms with Crippen molar-refractivity contribution in [3.63, 3.8) is 0 Å². The molecule has 0 unspecified atom stereocenters. The smallest absolute Gasteiger partial charge is 0.306 e. The van der Waals surface area contributed by atoms with E-state index in [1.54, 1.807) is 6.92 Å². The van der Waals surface area contributed by atoms with Crippen LogP contribution < -0.4 is 14.2 Å². The molecule has 9 heteroatoms. The predicted octanol–water partition coefficient (Wildman–Crippen LogP) is 3.99. The molecule has 2 rings (SSSR count). The van der Waals surface area contributed by atoms with Gasteiger partial charge in [0, 0.05) is 25.6 Å². The quantitative estimate of drug-likeness (QED) is 0.242. The van der Waals surface area contributed by atoms with Crippen molar-refractivity contribution >= 4 is 17.7 Å². The lowest BCUT2D eigenvalue weighted by atomic mass is 10.0. The van der Waals surface area contributed by atoms with Crippen molar-refractivity contribution < 1.29 is 38.1 Å². The van der Waals surface area contributed by atoms with Crippen molar-refractivity contribution in [2.75, 3.05) is 13.9 Å². The Balaban J connectivity index is 1.98. The first-order chi connectivity index (χ1) is 16.2. The highest BCUT2D eigenvalue weighted by Crippen LogP contribution is 2.30. The van der Waals surface area contributed by atoms with Crippen LogP contribution >= 0.6 is 0 Å². The Labute approximate surface area is 199 Å². The van der Waals surface area contributed by atoms with E-state index in [9.17, 15) is 14.4 Å². The summed E-state index contributed by atoms with van der Waals surface area (Å²) in [5.74, 6) is -0.458. The number of esters is 2. The van der Waals surface area contributed by atoms with E-state index in [-0.39, 0.29) is 42.1 Å². The molecule has 2 atom stereocenters. The van der Waals surface area contributed by atoms with Crippen LogP contribution in [0.25, 0.3) is 0 Å². The molecule has 0 bridgehead atoms. The normalized spacial score (nSPS) is 12.4. The molecule has 0 aliphatic heterocycles. The third-order valence-corrected chi connectivity index (χ3v) is 4.83. The first kappa shape index (κ1) is 26.6. The second kappa shape index (κ2) is 13.2. The minimum atomic E-state index is -0.538. The topological polar surface area (TPSA) is 110 Å². The van der Waals surface area contributed by atoms with Crippen LogP contribution in [-0.4, -0.2) is 48.8 Å². The summed E-state index contributed by atoms with van der Waals surface area (Å²) < 4.78 is 26.9. The van der Waals surface area contributed by atoms with Gasteiger partial charge in [-0.25, -0.2) is 4.98 Å². The predicted molar refractivity (Wildman–Crippen MR) is 123 cm³/mol. The number of Topliss-reactive ketones (excluding diaryl/α,β-unsaturated/α-hetero) is 1. The summed E-state index contributed by atoms with van der Waals surface area (Å²) >= 11 is 0. The van der Waals surface area contributed by atoms with Gasteiger partial charge in [-0.3, -0.25) is 14.4 Å². The number of methoxy groups -OCH3 is 1. The van der Waals surface area contributed by atoms with E-state index in [2.05, 4.69) is 4.98 Å². The van der Waals surface area contributed by atoms with Gasteiger partial charge in [-0.1, -0.05) is 32.0 Å². The fourth-order valence-corrected chi connectivity index (χ4v) is 3.20. The van der Waals surface area contributed by atoms with Crippen molar-refractivity contribution in [3.8, 4) is 17.2 Å². The van der Waals surface area contributed by atoms with Gasteiger partial charge in [-0.15, -0.1) is 0 Å². The maximum Gasteiger partial charge on any atom is 0.306 e. The number of aromatic nitrogens is 1. The number of hydrogen-bond donors (Lipinski definition) is 0. The van der Waals surface area contributed by atoms with E-state index in [4.69, 9.17) is 23.7 Å². The van der Waals surface area contributed by atoms with Crippen molar-refractivity contribution in [2.24, 2.45) is 5.92 Å². The molecule has 0 N–H and O–H groups in total. The van der Waals surface area contributed by atoms with Crippen LogP contribution in [0.4, 0.5) is 0 Å². The second-order valence-electron chi connectivity index (χ2n) is 7.85. The molecule has 0 amide bonds. The fraction of sp³-hybridized carbons (Fsp3) is 0.440. The molecule has 2 aromatic rings. The highest BCUT2D eigenvalue weighted by atomic mass is 16.7. The Hall–Kier alpha value is -3.62. The SMILES string of the molecule is COc1ccnc(C(=O)CCC(=O)O[C@@H](C)[C@H](Oc2ccccc2)C(C)C)c1OCOC(C)=O. The molecule has 0 aliphatic carbocycles. The summed E-state index contributed by atoms with van der Waals surface area (Å²) in [6, 6.07) is 10.8. The van der Waals surface area contributed by atoms with Gasteiger partial charge in [0.1, 0.15) is 18.0 Å². The molecule has 0 radical (unpaired) electrons. The van der Waals surface area contributed by atoms with E-state index in [1.807, 2.05) is 44.2 Å². The van der Waals surface area contributed by atoms with Gasteiger partial charge in [-0.2, -0.15) is 0 Å². The Kier molecular flexibility index (Phi) is 10.3. The number of benzene rings is 1. The minimum Gasteiger partial charge on any atom is -0.493 e. The average Bonchev–Trinajstić information content (AvgIpc) is 2.81. The Morgan fingerprint density at radius 1 is 1.00 bits per heavy atom. The molecule has 184 valence electrons. The van der Waals surface area contributed by atoms with Crippen LogP contribution in [-0.2, 0) is 19.1 Å². The van der Waals surface area contributed by atoms with Crippen LogP contribution in [0.3, 0.4) is 0 Å². The minimum absolute atomic E-state index is 0.0279. The first-order valence-electron chi connectivity index (χ1n) is 11.0. The monoisotopic (exact) mass is 473 g/mol. The average molecular weight is 474 g/mol. The molecule has 1 heterocycles. The van der Waals surface area contributed by atoms with Crippen LogP contribution in [0, 0.1) is 5.92 Å². The van der Waals surface area contributed by atoms with Crippen LogP contribution in [0.15, 0.2) is 42.6 Å². The van der Waals surface area contributed by atoms with Gasteiger partial charge >= 0.3 is 11.9 Å². The standard InChI is InChI=1S/C25H31NO8/c1-16(2)24(34-19-9-7-6-8-10-19)17(3)33-22(29)12-11-20(28)23-25(32-15-31-18(4)27)21(30-5)13-14-26-23/h6-10,13-14,16-17,24H,11-12,15H2,1-5H3/t17-,24+/m0/s1. The third kappa shape index (κ3) is 8.06. The molecule has 0 saturated heterocycles. The number of carbonyl (C=O) groups is 3. The van der Waals surface area contributed by atoms with Gasteiger partial charge < -0.3 is 23.7 Å². The number of pyridine rings is 1. The molecule has 0 spiro atoms. The number of nitrogens with zero attached hydrogens (tertiary/aromatic N) is 1. The summed E-state index contributed by atoms with van der Waals surface area (Å²) in [7, 11) is 1.41. The molecule has 1 aromatic carbocycles. The summed E-state index contributed by atoms with van der Waals surface area (Å²) in [5, 5.41) is 0. The van der Waals surface area contributed by atoms with E-state index in [0.29, 0.717) is 5.75 Å². The maximum atomic E-state index is 12.8. The number of hydrogen-bond acceptors (Lipinski definition) is 9. The first-order valence-corrected chi connectivity index (χ1v) is 11.0. The number of ketones is 1. The highest BCUT2D eigenvalue weighted by Gasteiger charge is 2.27. The van der Waals surface area contributed by atoms with Gasteiger partial charge in [0.15, 0.2) is 23.0 Å². The summed E-state index contributed by atoms with van der Waals surface area (Å²) in [6.45, 7) is 6.55. The number of para-hydroxylation sites is 1. The van der Waals surface area contributed by atoms with Crippen LogP contribution in [0.2, 0.25) is 0 Å². The van der Waals surface area contributed by atoms with Gasteiger partial charge in [-0.05, 0) is 25.0 Å². The van der Waals surface area contributed by atoms with Gasteiger partial charge in [0.25, 0.3) is 0 Å². The number of rotatable bonds is 13. The lowest BCUT2D eigenvalue weighted by molar-refractivity contribution is -0.154. The molecule has 0 fully saturated rings. The van der Waals surface area contributed by atoms with Crippen LogP contribution in [0.1, 0.15) is 51.0 Å². The van der Waals surface area contributed by atoms with E-state index < -0.39 is 30.6 Å². The highest BCUT2D eigenvalue weighted by molar-refractivity contribution is 5.98. The van der Waals surface area contributed by atoms with Crippen molar-refractivity contribution in [2.45, 2.75) is 52.7 Å². The van der Waals surface area contributed by atoms with E-state index >= 15 is 0 Å². The summed E-state index contributed by atoms with van der Waals surface area (Å²) in [6.07, 6.45) is 0.200. The maximum absolute atomic E-state index is 12.8. The zero-order chi connectivity index (χ0) is 25.1. The summed E-state index contributed by atoms with van der Waals surface area (Å²) in [5.41, 5.74) is -0.0279. The van der Waals surface area contributed by atoms with E-state index in [1.165, 1.54) is 26.3 Å². The van der Waals surface area contributed by atoms with Crippen molar-refractivity contribution in [3.05, 3.63) is 48.3 Å². The Morgan fingerprint density at radius 3 is 2.32 bits per heavy atom. The lowest BCUT2D eigenvalue weighted by Crippen LogP contribution is -2.37. The number of carbonyl (C=O) groups excluding carboxylic acids is 3. The van der Waals surface area contributed by atoms with E-state index in [0.717, 1.165) is 0 Å². The molecular formula is C25H31NO8. The van der Waals surface area contributed by atoms with Gasteiger partial charge in [0.05, 0.1) is 13.5 Å². The Bertz CT molecular complexity index is 961. The van der Waals surface area contributed by atoms with Crippen LogP contribution in [0.5, 0.6) is 17.2 Å².